The van der Waals surface area contributed by atoms with Crippen LogP contribution < -0.4 is 5.73 Å². The summed E-state index contributed by atoms with van der Waals surface area (Å²) in [6.07, 6.45) is 2.00. The van der Waals surface area contributed by atoms with Crippen molar-refractivity contribution in [1.82, 2.24) is 9.38 Å². The lowest BCUT2D eigenvalue weighted by molar-refractivity contribution is 0.921. The second kappa shape index (κ2) is 5.07. The maximum absolute atomic E-state index is 5.86. The summed E-state index contributed by atoms with van der Waals surface area (Å²) in [5.41, 5.74) is 9.13. The summed E-state index contributed by atoms with van der Waals surface area (Å²) >= 11 is 1.66. The predicted molar refractivity (Wildman–Crippen MR) is 78.4 cm³/mol. The van der Waals surface area contributed by atoms with Crippen LogP contribution in [-0.4, -0.2) is 9.38 Å². The molecule has 0 unspecified atom stereocenters. The van der Waals surface area contributed by atoms with E-state index >= 15 is 0 Å². The zero-order chi connectivity index (χ0) is 13.2. The molecule has 0 aliphatic rings. The van der Waals surface area contributed by atoms with Crippen molar-refractivity contribution in [3.8, 4) is 0 Å². The lowest BCUT2D eigenvalue weighted by Gasteiger charge is -2.02. The van der Waals surface area contributed by atoms with Crippen molar-refractivity contribution >= 4 is 17.4 Å². The third kappa shape index (κ3) is 2.37. The van der Waals surface area contributed by atoms with Crippen molar-refractivity contribution in [2.75, 3.05) is 0 Å². The minimum absolute atomic E-state index is 0.485. The topological polar surface area (TPSA) is 43.3 Å². The maximum Gasteiger partial charge on any atom is 0.138 e. The van der Waals surface area contributed by atoms with Crippen LogP contribution in [0.4, 0.5) is 0 Å². The van der Waals surface area contributed by atoms with Gasteiger partial charge in [-0.1, -0.05) is 35.5 Å². The second-order valence-electron chi connectivity index (χ2n) is 4.41. The van der Waals surface area contributed by atoms with E-state index in [1.54, 1.807) is 11.8 Å². The van der Waals surface area contributed by atoms with Gasteiger partial charge in [-0.3, -0.25) is 0 Å². The van der Waals surface area contributed by atoms with E-state index in [1.165, 1.54) is 10.5 Å². The number of aromatic nitrogens is 2. The molecule has 3 nitrogen and oxygen atoms in total. The van der Waals surface area contributed by atoms with Crippen molar-refractivity contribution in [3.63, 3.8) is 0 Å². The molecule has 2 N–H and O–H groups in total. The zero-order valence-electron chi connectivity index (χ0n) is 10.7. The number of hydrogen-bond acceptors (Lipinski definition) is 3. The van der Waals surface area contributed by atoms with Gasteiger partial charge in [-0.15, -0.1) is 0 Å². The Bertz CT molecular complexity index is 701. The Labute approximate surface area is 116 Å². The fourth-order valence-electron chi connectivity index (χ4n) is 2.01. The maximum atomic E-state index is 5.86. The molecule has 0 spiro atoms. The van der Waals surface area contributed by atoms with Gasteiger partial charge in [-0.2, -0.15) is 0 Å². The van der Waals surface area contributed by atoms with E-state index < -0.39 is 0 Å². The highest BCUT2D eigenvalue weighted by molar-refractivity contribution is 7.99. The van der Waals surface area contributed by atoms with Crippen molar-refractivity contribution in [1.29, 1.82) is 0 Å². The molecule has 1 aromatic carbocycles. The fourth-order valence-corrected chi connectivity index (χ4v) is 2.94. The number of benzene rings is 1. The first-order chi connectivity index (χ1) is 9.28. The Hall–Kier alpha value is -1.78. The average molecular weight is 269 g/mol. The summed E-state index contributed by atoms with van der Waals surface area (Å²) in [6, 6.07) is 14.4. The highest BCUT2D eigenvalue weighted by atomic mass is 32.2. The summed E-state index contributed by atoms with van der Waals surface area (Å²) in [6.45, 7) is 2.57. The summed E-state index contributed by atoms with van der Waals surface area (Å²) in [5.74, 6) is 0. The lowest BCUT2D eigenvalue weighted by atomic mass is 10.2. The van der Waals surface area contributed by atoms with Crippen LogP contribution in [0.2, 0.25) is 0 Å². The standard InChI is InChI=1S/C15H15N3S/c1-11-5-7-12(8-6-11)19-15-13(10-16)18-9-3-2-4-14(18)17-15/h2-9H,10,16H2,1H3. The van der Waals surface area contributed by atoms with Gasteiger partial charge >= 0.3 is 0 Å². The van der Waals surface area contributed by atoms with Crippen LogP contribution in [0, 0.1) is 6.92 Å². The number of fused-ring (bicyclic) bond motifs is 1. The van der Waals surface area contributed by atoms with E-state index in [-0.39, 0.29) is 0 Å². The van der Waals surface area contributed by atoms with E-state index in [2.05, 4.69) is 40.6 Å². The van der Waals surface area contributed by atoms with Gasteiger partial charge in [0.15, 0.2) is 0 Å². The molecule has 2 aromatic heterocycles. The monoisotopic (exact) mass is 269 g/mol. The minimum Gasteiger partial charge on any atom is -0.325 e. The van der Waals surface area contributed by atoms with Crippen molar-refractivity contribution in [3.05, 3.63) is 59.9 Å². The van der Waals surface area contributed by atoms with Crippen LogP contribution in [0.3, 0.4) is 0 Å². The minimum atomic E-state index is 0.485. The number of nitrogens with zero attached hydrogens (tertiary/aromatic N) is 2. The fraction of sp³-hybridized carbons (Fsp3) is 0.133. The van der Waals surface area contributed by atoms with Gasteiger partial charge in [0.05, 0.1) is 5.69 Å². The van der Waals surface area contributed by atoms with E-state index in [0.717, 1.165) is 16.4 Å². The number of rotatable bonds is 3. The van der Waals surface area contributed by atoms with Gasteiger partial charge < -0.3 is 10.1 Å². The van der Waals surface area contributed by atoms with Crippen LogP contribution in [0.15, 0.2) is 58.6 Å². The molecule has 0 saturated heterocycles. The third-order valence-electron chi connectivity index (χ3n) is 3.02. The first-order valence-electron chi connectivity index (χ1n) is 6.18. The Balaban J connectivity index is 2.02. The molecular formula is C15H15N3S. The van der Waals surface area contributed by atoms with E-state index in [0.29, 0.717) is 6.54 Å². The predicted octanol–water partition coefficient (Wildman–Crippen LogP) is 3.25. The van der Waals surface area contributed by atoms with Crippen molar-refractivity contribution in [2.45, 2.75) is 23.4 Å². The van der Waals surface area contributed by atoms with Gasteiger partial charge in [0.2, 0.25) is 0 Å². The molecule has 0 aliphatic carbocycles. The zero-order valence-corrected chi connectivity index (χ0v) is 11.5. The number of pyridine rings is 1. The summed E-state index contributed by atoms with van der Waals surface area (Å²) < 4.78 is 2.05. The van der Waals surface area contributed by atoms with Gasteiger partial charge in [0, 0.05) is 17.6 Å². The molecular weight excluding hydrogens is 254 g/mol. The summed E-state index contributed by atoms with van der Waals surface area (Å²) in [7, 11) is 0. The quantitative estimate of drug-likeness (QED) is 0.793. The second-order valence-corrected chi connectivity index (χ2v) is 5.47. The first kappa shape index (κ1) is 12.3. The molecule has 3 rings (SSSR count). The Morgan fingerprint density at radius 3 is 2.68 bits per heavy atom. The smallest absolute Gasteiger partial charge is 0.138 e. The summed E-state index contributed by atoms with van der Waals surface area (Å²) in [4.78, 5) is 5.83. The molecule has 4 heteroatoms. The van der Waals surface area contributed by atoms with Gasteiger partial charge in [0.25, 0.3) is 0 Å². The van der Waals surface area contributed by atoms with Crippen LogP contribution in [0.1, 0.15) is 11.3 Å². The SMILES string of the molecule is Cc1ccc(Sc2nc3ccccn3c2CN)cc1. The van der Waals surface area contributed by atoms with E-state index in [1.807, 2.05) is 24.4 Å². The lowest BCUT2D eigenvalue weighted by Crippen LogP contribution is -2.01. The third-order valence-corrected chi connectivity index (χ3v) is 4.05. The summed E-state index contributed by atoms with van der Waals surface area (Å²) in [5, 5.41) is 0.984. The van der Waals surface area contributed by atoms with E-state index in [9.17, 15) is 0 Å². The Morgan fingerprint density at radius 1 is 1.16 bits per heavy atom. The number of hydrogen-bond donors (Lipinski definition) is 1. The van der Waals surface area contributed by atoms with Gasteiger partial charge in [-0.05, 0) is 31.2 Å². The van der Waals surface area contributed by atoms with Crippen LogP contribution in [0.5, 0.6) is 0 Å². The molecule has 0 radical (unpaired) electrons. The van der Waals surface area contributed by atoms with Crippen LogP contribution >= 0.6 is 11.8 Å². The van der Waals surface area contributed by atoms with Crippen molar-refractivity contribution in [2.24, 2.45) is 5.73 Å². The van der Waals surface area contributed by atoms with Gasteiger partial charge in [0.1, 0.15) is 10.7 Å². The highest BCUT2D eigenvalue weighted by Crippen LogP contribution is 2.30. The largest absolute Gasteiger partial charge is 0.325 e. The van der Waals surface area contributed by atoms with E-state index in [4.69, 9.17) is 5.73 Å². The number of nitrogens with two attached hydrogens (primary N) is 1. The average Bonchev–Trinajstić information content (AvgIpc) is 2.78. The molecule has 0 fully saturated rings. The number of imidazole rings is 1. The molecule has 3 aromatic rings. The van der Waals surface area contributed by atoms with Crippen LogP contribution in [-0.2, 0) is 6.54 Å². The Morgan fingerprint density at radius 2 is 1.95 bits per heavy atom. The number of aryl methyl sites for hydroxylation is 1. The molecule has 0 saturated carbocycles. The van der Waals surface area contributed by atoms with Crippen LogP contribution in [0.25, 0.3) is 5.65 Å². The van der Waals surface area contributed by atoms with Gasteiger partial charge in [-0.25, -0.2) is 4.98 Å². The Kier molecular flexibility index (Phi) is 3.27. The molecule has 96 valence electrons. The highest BCUT2D eigenvalue weighted by Gasteiger charge is 2.11. The molecule has 0 bridgehead atoms. The molecule has 0 amide bonds. The van der Waals surface area contributed by atoms with Crippen molar-refractivity contribution < 1.29 is 0 Å². The molecule has 0 atom stereocenters. The molecule has 0 aliphatic heterocycles. The first-order valence-corrected chi connectivity index (χ1v) is 7.00. The normalized spacial score (nSPS) is 11.1. The molecule has 19 heavy (non-hydrogen) atoms. The molecule has 2 heterocycles.